The first-order valence-electron chi connectivity index (χ1n) is 8.35. The van der Waals surface area contributed by atoms with Crippen molar-refractivity contribution in [1.82, 2.24) is 10.2 Å². The van der Waals surface area contributed by atoms with Crippen molar-refractivity contribution >= 4 is 22.2 Å². The number of carbonyl (C=O) groups excluding carboxylic acids is 2. The molecule has 0 aliphatic heterocycles. The number of benzene rings is 1. The van der Waals surface area contributed by atoms with Gasteiger partial charge in [-0.2, -0.15) is 8.42 Å². The Hall–Kier alpha value is -2.17. The van der Waals surface area contributed by atoms with Gasteiger partial charge in [0.1, 0.15) is 6.61 Å². The number of nitrogens with one attached hydrogen (secondary N) is 1. The van der Waals surface area contributed by atoms with E-state index in [-0.39, 0.29) is 32.9 Å². The molecular weight excluding hydrogens is 376 g/mol. The molecular formula is C17H26N2O7S. The predicted octanol–water partition coefficient (Wildman–Crippen LogP) is 0.753. The first-order valence-corrected chi connectivity index (χ1v) is 10.2. The SMILES string of the molecule is CCOC(=O)CN(C)C[C@H](COS(C)(=O)=O)NC(=O)OCc1ccccc1. The second kappa shape index (κ2) is 11.5. The Bertz CT molecular complexity index is 694. The molecule has 1 aromatic rings. The molecule has 10 heteroatoms. The van der Waals surface area contributed by atoms with Gasteiger partial charge in [0.25, 0.3) is 10.1 Å². The standard InChI is InChI=1S/C17H26N2O7S/c1-4-24-16(20)11-19(2)10-15(13-26-27(3,22)23)18-17(21)25-12-14-8-6-5-7-9-14/h5-9,15H,4,10-13H2,1-3H3,(H,18,21)/t15-/m1/s1. The molecule has 1 amide bonds. The topological polar surface area (TPSA) is 111 Å². The van der Waals surface area contributed by atoms with Crippen LogP contribution < -0.4 is 5.32 Å². The summed E-state index contributed by atoms with van der Waals surface area (Å²) in [4.78, 5) is 25.1. The maximum Gasteiger partial charge on any atom is 0.407 e. The number of esters is 1. The lowest BCUT2D eigenvalue weighted by Crippen LogP contribution is -2.47. The Labute approximate surface area is 159 Å². The van der Waals surface area contributed by atoms with Crippen LogP contribution in [-0.2, 0) is 35.2 Å². The highest BCUT2D eigenvalue weighted by Gasteiger charge is 2.19. The Morgan fingerprint density at radius 1 is 1.19 bits per heavy atom. The van der Waals surface area contributed by atoms with Crippen LogP contribution in [0.4, 0.5) is 4.79 Å². The summed E-state index contributed by atoms with van der Waals surface area (Å²) in [6.45, 7) is 1.90. The van der Waals surface area contributed by atoms with Crippen LogP contribution in [0, 0.1) is 0 Å². The molecule has 0 bridgehead atoms. The molecule has 0 fully saturated rings. The zero-order valence-electron chi connectivity index (χ0n) is 15.7. The molecule has 0 saturated heterocycles. The Balaban J connectivity index is 2.58. The van der Waals surface area contributed by atoms with E-state index in [1.165, 1.54) is 0 Å². The van der Waals surface area contributed by atoms with E-state index >= 15 is 0 Å². The van der Waals surface area contributed by atoms with Crippen LogP contribution in [0.5, 0.6) is 0 Å². The third kappa shape index (κ3) is 11.2. The van der Waals surface area contributed by atoms with Crippen molar-refractivity contribution in [2.75, 3.05) is 39.6 Å². The van der Waals surface area contributed by atoms with Crippen LogP contribution in [0.15, 0.2) is 30.3 Å². The molecule has 0 saturated carbocycles. The maximum absolute atomic E-state index is 12.0. The summed E-state index contributed by atoms with van der Waals surface area (Å²) < 4.78 is 37.2. The molecule has 9 nitrogen and oxygen atoms in total. The minimum absolute atomic E-state index is 0.00996. The average Bonchev–Trinajstić information content (AvgIpc) is 2.58. The number of carbonyl (C=O) groups is 2. The van der Waals surface area contributed by atoms with Gasteiger partial charge in [0.15, 0.2) is 0 Å². The summed E-state index contributed by atoms with van der Waals surface area (Å²) in [5, 5.41) is 2.55. The van der Waals surface area contributed by atoms with E-state index in [2.05, 4.69) is 5.32 Å². The van der Waals surface area contributed by atoms with Crippen LogP contribution in [0.25, 0.3) is 0 Å². The van der Waals surface area contributed by atoms with E-state index in [0.29, 0.717) is 0 Å². The average molecular weight is 402 g/mol. The quantitative estimate of drug-likeness (QED) is 0.426. The highest BCUT2D eigenvalue weighted by Crippen LogP contribution is 2.02. The third-order valence-corrected chi connectivity index (χ3v) is 3.82. The molecule has 0 aliphatic carbocycles. The summed E-state index contributed by atoms with van der Waals surface area (Å²) in [7, 11) is -2.04. The lowest BCUT2D eigenvalue weighted by atomic mass is 10.2. The van der Waals surface area contributed by atoms with Crippen LogP contribution in [0.2, 0.25) is 0 Å². The summed E-state index contributed by atoms with van der Waals surface area (Å²) in [5.74, 6) is -0.422. The molecule has 0 unspecified atom stereocenters. The van der Waals surface area contributed by atoms with Gasteiger partial charge in [0, 0.05) is 6.54 Å². The molecule has 1 rings (SSSR count). The number of amides is 1. The van der Waals surface area contributed by atoms with Gasteiger partial charge < -0.3 is 14.8 Å². The number of nitrogens with zero attached hydrogens (tertiary/aromatic N) is 1. The fourth-order valence-corrected chi connectivity index (χ4v) is 2.56. The molecule has 1 aromatic carbocycles. The lowest BCUT2D eigenvalue weighted by molar-refractivity contribution is -0.144. The minimum Gasteiger partial charge on any atom is -0.465 e. The summed E-state index contributed by atoms with van der Waals surface area (Å²) in [6, 6.07) is 8.41. The van der Waals surface area contributed by atoms with Crippen LogP contribution >= 0.6 is 0 Å². The lowest BCUT2D eigenvalue weighted by Gasteiger charge is -2.23. The van der Waals surface area contributed by atoms with Crippen molar-refractivity contribution in [1.29, 1.82) is 0 Å². The van der Waals surface area contributed by atoms with Crippen molar-refractivity contribution in [3.63, 3.8) is 0 Å². The van der Waals surface area contributed by atoms with Crippen molar-refractivity contribution in [3.05, 3.63) is 35.9 Å². The number of alkyl carbamates (subject to hydrolysis) is 1. The van der Waals surface area contributed by atoms with Crippen molar-refractivity contribution in [3.8, 4) is 0 Å². The van der Waals surface area contributed by atoms with Gasteiger partial charge in [0.05, 0.1) is 32.1 Å². The number of hydrogen-bond acceptors (Lipinski definition) is 8. The van der Waals surface area contributed by atoms with Gasteiger partial charge >= 0.3 is 12.1 Å². The Morgan fingerprint density at radius 3 is 2.44 bits per heavy atom. The normalized spacial score (nSPS) is 12.4. The predicted molar refractivity (Wildman–Crippen MR) is 98.5 cm³/mol. The van der Waals surface area contributed by atoms with Gasteiger partial charge in [-0.3, -0.25) is 13.9 Å². The molecule has 27 heavy (non-hydrogen) atoms. The third-order valence-electron chi connectivity index (χ3n) is 3.25. The van der Waals surface area contributed by atoms with E-state index < -0.39 is 28.2 Å². The van der Waals surface area contributed by atoms with E-state index in [1.54, 1.807) is 18.9 Å². The summed E-state index contributed by atoms with van der Waals surface area (Å²) >= 11 is 0. The first kappa shape index (κ1) is 22.9. The largest absolute Gasteiger partial charge is 0.465 e. The van der Waals surface area contributed by atoms with Crippen molar-refractivity contribution in [2.24, 2.45) is 0 Å². The van der Waals surface area contributed by atoms with Crippen molar-refractivity contribution in [2.45, 2.75) is 19.6 Å². The van der Waals surface area contributed by atoms with E-state index in [4.69, 9.17) is 13.7 Å². The molecule has 1 atom stereocenters. The van der Waals surface area contributed by atoms with E-state index in [9.17, 15) is 18.0 Å². The summed E-state index contributed by atoms with van der Waals surface area (Å²) in [6.07, 6.45) is 0.200. The maximum atomic E-state index is 12.0. The van der Waals surface area contributed by atoms with Crippen LogP contribution in [0.1, 0.15) is 12.5 Å². The number of hydrogen-bond donors (Lipinski definition) is 1. The van der Waals surface area contributed by atoms with Gasteiger partial charge in [-0.05, 0) is 19.5 Å². The van der Waals surface area contributed by atoms with Gasteiger partial charge in [0.2, 0.25) is 0 Å². The first-order chi connectivity index (χ1) is 12.7. The minimum atomic E-state index is -3.68. The zero-order chi connectivity index (χ0) is 20.3. The second-order valence-corrected chi connectivity index (χ2v) is 7.54. The second-order valence-electron chi connectivity index (χ2n) is 5.89. The molecule has 0 aliphatic rings. The van der Waals surface area contributed by atoms with Crippen molar-refractivity contribution < 1.29 is 31.7 Å². The number of ether oxygens (including phenoxy) is 2. The molecule has 152 valence electrons. The highest BCUT2D eigenvalue weighted by molar-refractivity contribution is 7.85. The summed E-state index contributed by atoms with van der Waals surface area (Å²) in [5.41, 5.74) is 0.816. The molecule has 0 radical (unpaired) electrons. The fourth-order valence-electron chi connectivity index (χ4n) is 2.14. The van der Waals surface area contributed by atoms with Crippen LogP contribution in [-0.4, -0.2) is 71.0 Å². The van der Waals surface area contributed by atoms with Gasteiger partial charge in [-0.15, -0.1) is 0 Å². The number of likely N-dealkylation sites (N-methyl/N-ethyl adjacent to an activating group) is 1. The monoisotopic (exact) mass is 402 g/mol. The number of rotatable bonds is 11. The van der Waals surface area contributed by atoms with Crippen LogP contribution in [0.3, 0.4) is 0 Å². The fraction of sp³-hybridized carbons (Fsp3) is 0.529. The molecule has 0 heterocycles. The van der Waals surface area contributed by atoms with Gasteiger partial charge in [-0.1, -0.05) is 30.3 Å². The zero-order valence-corrected chi connectivity index (χ0v) is 16.5. The van der Waals surface area contributed by atoms with E-state index in [1.807, 2.05) is 30.3 Å². The molecule has 0 spiro atoms. The van der Waals surface area contributed by atoms with Gasteiger partial charge in [-0.25, -0.2) is 4.79 Å². The van der Waals surface area contributed by atoms with E-state index in [0.717, 1.165) is 11.8 Å². The highest BCUT2D eigenvalue weighted by atomic mass is 32.2. The molecule has 1 N–H and O–H groups in total. The Kier molecular flexibility index (Phi) is 9.76. The molecule has 0 aromatic heterocycles. The Morgan fingerprint density at radius 2 is 1.85 bits per heavy atom. The smallest absolute Gasteiger partial charge is 0.407 e.